The molecule has 0 aliphatic carbocycles. The summed E-state index contributed by atoms with van der Waals surface area (Å²) >= 11 is 0. The van der Waals surface area contributed by atoms with Crippen LogP contribution in [0.1, 0.15) is 6.92 Å². The third kappa shape index (κ3) is 5.54. The SMILES string of the molecule is CNC(=O)CN(C)CC(C)=O. The van der Waals surface area contributed by atoms with Crippen LogP contribution in [0.15, 0.2) is 0 Å². The van der Waals surface area contributed by atoms with Crippen molar-refractivity contribution in [2.24, 2.45) is 0 Å². The molecule has 0 saturated carbocycles. The van der Waals surface area contributed by atoms with Gasteiger partial charge in [0.15, 0.2) is 0 Å². The monoisotopic (exact) mass is 158 g/mol. The number of carbonyl (C=O) groups excluding carboxylic acids is 2. The molecule has 0 unspecified atom stereocenters. The van der Waals surface area contributed by atoms with Gasteiger partial charge in [0.1, 0.15) is 5.78 Å². The van der Waals surface area contributed by atoms with Crippen LogP contribution in [-0.4, -0.2) is 43.8 Å². The van der Waals surface area contributed by atoms with Crippen molar-refractivity contribution in [2.75, 3.05) is 27.2 Å². The van der Waals surface area contributed by atoms with Crippen molar-refractivity contribution >= 4 is 11.7 Å². The Bertz CT molecular complexity index is 157. The van der Waals surface area contributed by atoms with Gasteiger partial charge in [0, 0.05) is 7.05 Å². The molecule has 11 heavy (non-hydrogen) atoms. The van der Waals surface area contributed by atoms with Crippen LogP contribution in [0.2, 0.25) is 0 Å². The second-order valence-corrected chi connectivity index (χ2v) is 2.55. The lowest BCUT2D eigenvalue weighted by atomic mass is 10.4. The van der Waals surface area contributed by atoms with Gasteiger partial charge in [-0.3, -0.25) is 14.5 Å². The van der Waals surface area contributed by atoms with Gasteiger partial charge in [0.25, 0.3) is 0 Å². The first-order chi connectivity index (χ1) is 5.06. The highest BCUT2D eigenvalue weighted by Gasteiger charge is 2.05. The number of likely N-dealkylation sites (N-methyl/N-ethyl adjacent to an activating group) is 2. The lowest BCUT2D eigenvalue weighted by Crippen LogP contribution is -2.35. The molecular formula is C7H14N2O2. The van der Waals surface area contributed by atoms with Crippen LogP contribution in [0.4, 0.5) is 0 Å². The fourth-order valence-electron chi connectivity index (χ4n) is 0.760. The maximum Gasteiger partial charge on any atom is 0.233 e. The van der Waals surface area contributed by atoms with Crippen LogP contribution in [-0.2, 0) is 9.59 Å². The van der Waals surface area contributed by atoms with Crippen LogP contribution in [0, 0.1) is 0 Å². The number of rotatable bonds is 4. The number of nitrogens with zero attached hydrogens (tertiary/aromatic N) is 1. The van der Waals surface area contributed by atoms with Crippen molar-refractivity contribution in [3.05, 3.63) is 0 Å². The molecule has 0 bridgehead atoms. The molecule has 0 radical (unpaired) electrons. The lowest BCUT2D eigenvalue weighted by Gasteiger charge is -2.12. The molecule has 0 aromatic rings. The lowest BCUT2D eigenvalue weighted by molar-refractivity contribution is -0.122. The van der Waals surface area contributed by atoms with Gasteiger partial charge in [-0.05, 0) is 14.0 Å². The normalized spacial score (nSPS) is 9.82. The van der Waals surface area contributed by atoms with Crippen molar-refractivity contribution in [2.45, 2.75) is 6.92 Å². The van der Waals surface area contributed by atoms with E-state index in [1.165, 1.54) is 6.92 Å². The number of hydrogen-bond acceptors (Lipinski definition) is 3. The number of carbonyl (C=O) groups is 2. The second-order valence-electron chi connectivity index (χ2n) is 2.55. The summed E-state index contributed by atoms with van der Waals surface area (Å²) in [6.45, 7) is 2.10. The summed E-state index contributed by atoms with van der Waals surface area (Å²) in [6.07, 6.45) is 0. The minimum absolute atomic E-state index is 0.0661. The number of ketones is 1. The van der Waals surface area contributed by atoms with Gasteiger partial charge in [0.05, 0.1) is 13.1 Å². The van der Waals surface area contributed by atoms with Crippen molar-refractivity contribution in [3.8, 4) is 0 Å². The second kappa shape index (κ2) is 4.85. The summed E-state index contributed by atoms with van der Waals surface area (Å²) in [6, 6.07) is 0. The quantitative estimate of drug-likeness (QED) is 0.586. The van der Waals surface area contributed by atoms with Crippen LogP contribution >= 0.6 is 0 Å². The smallest absolute Gasteiger partial charge is 0.233 e. The molecule has 0 saturated heterocycles. The van der Waals surface area contributed by atoms with E-state index >= 15 is 0 Å². The standard InChI is InChI=1S/C7H14N2O2/c1-6(10)4-9(3)5-7(11)8-2/h4-5H2,1-3H3,(H,8,11). The average molecular weight is 158 g/mol. The zero-order valence-corrected chi connectivity index (χ0v) is 7.18. The number of hydrogen-bond donors (Lipinski definition) is 1. The molecule has 4 nitrogen and oxygen atoms in total. The molecule has 0 aromatic carbocycles. The first-order valence-electron chi connectivity index (χ1n) is 3.45. The molecule has 0 heterocycles. The fraction of sp³-hybridized carbons (Fsp3) is 0.714. The average Bonchev–Trinajstić information content (AvgIpc) is 1.85. The Balaban J connectivity index is 3.60. The highest BCUT2D eigenvalue weighted by atomic mass is 16.2. The maximum atomic E-state index is 10.7. The Morgan fingerprint density at radius 1 is 1.36 bits per heavy atom. The summed E-state index contributed by atoms with van der Waals surface area (Å²) in [5.74, 6) is -0.00912. The highest BCUT2D eigenvalue weighted by molar-refractivity contribution is 5.80. The topological polar surface area (TPSA) is 49.4 Å². The molecule has 0 fully saturated rings. The molecule has 0 aromatic heterocycles. The van der Waals surface area contributed by atoms with Crippen molar-refractivity contribution in [1.29, 1.82) is 0 Å². The first-order valence-corrected chi connectivity index (χ1v) is 3.45. The van der Waals surface area contributed by atoms with Gasteiger partial charge < -0.3 is 5.32 Å². The molecule has 0 rings (SSSR count). The number of nitrogens with one attached hydrogen (secondary N) is 1. The summed E-state index contributed by atoms with van der Waals surface area (Å²) in [5.41, 5.74) is 0. The van der Waals surface area contributed by atoms with E-state index in [0.29, 0.717) is 6.54 Å². The molecule has 4 heteroatoms. The Morgan fingerprint density at radius 3 is 2.27 bits per heavy atom. The minimum atomic E-state index is -0.0752. The van der Waals surface area contributed by atoms with Gasteiger partial charge in [-0.1, -0.05) is 0 Å². The molecule has 0 atom stereocenters. The van der Waals surface area contributed by atoms with E-state index in [4.69, 9.17) is 0 Å². The summed E-state index contributed by atoms with van der Waals surface area (Å²) in [5, 5.41) is 2.48. The Labute approximate surface area is 66.6 Å². The number of amides is 1. The van der Waals surface area contributed by atoms with Crippen molar-refractivity contribution < 1.29 is 9.59 Å². The van der Waals surface area contributed by atoms with Crippen LogP contribution < -0.4 is 5.32 Å². The Kier molecular flexibility index (Phi) is 4.45. The summed E-state index contributed by atoms with van der Waals surface area (Å²) in [4.78, 5) is 23.0. The summed E-state index contributed by atoms with van der Waals surface area (Å²) in [7, 11) is 3.31. The molecule has 0 spiro atoms. The van der Waals surface area contributed by atoms with Crippen molar-refractivity contribution in [1.82, 2.24) is 10.2 Å². The third-order valence-electron chi connectivity index (χ3n) is 1.18. The van der Waals surface area contributed by atoms with Gasteiger partial charge in [-0.2, -0.15) is 0 Å². The predicted molar refractivity (Wildman–Crippen MR) is 42.2 cm³/mol. The largest absolute Gasteiger partial charge is 0.358 e. The van der Waals surface area contributed by atoms with Crippen LogP contribution in [0.25, 0.3) is 0 Å². The molecular weight excluding hydrogens is 144 g/mol. The fourth-order valence-corrected chi connectivity index (χ4v) is 0.760. The minimum Gasteiger partial charge on any atom is -0.358 e. The van der Waals surface area contributed by atoms with Gasteiger partial charge >= 0.3 is 0 Å². The van der Waals surface area contributed by atoms with Crippen LogP contribution in [0.3, 0.4) is 0 Å². The van der Waals surface area contributed by atoms with Crippen molar-refractivity contribution in [3.63, 3.8) is 0 Å². The molecule has 1 N–H and O–H groups in total. The van der Waals surface area contributed by atoms with E-state index in [0.717, 1.165) is 0 Å². The Morgan fingerprint density at radius 2 is 1.91 bits per heavy atom. The van der Waals surface area contributed by atoms with E-state index < -0.39 is 0 Å². The molecule has 64 valence electrons. The third-order valence-corrected chi connectivity index (χ3v) is 1.18. The molecule has 0 aliphatic rings. The predicted octanol–water partition coefficient (Wildman–Crippen LogP) is -0.747. The zero-order valence-electron chi connectivity index (χ0n) is 7.18. The maximum absolute atomic E-state index is 10.7. The summed E-state index contributed by atoms with van der Waals surface area (Å²) < 4.78 is 0. The van der Waals surface area contributed by atoms with E-state index in [1.54, 1.807) is 19.0 Å². The van der Waals surface area contributed by atoms with Crippen LogP contribution in [0.5, 0.6) is 0 Å². The van der Waals surface area contributed by atoms with E-state index in [1.807, 2.05) is 0 Å². The highest BCUT2D eigenvalue weighted by Crippen LogP contribution is 1.81. The molecule has 0 aliphatic heterocycles. The Hall–Kier alpha value is -0.900. The number of Topliss-reactive ketones (excluding diaryl/α,β-unsaturated/α-hetero) is 1. The van der Waals surface area contributed by atoms with Gasteiger partial charge in [-0.15, -0.1) is 0 Å². The van der Waals surface area contributed by atoms with E-state index in [2.05, 4.69) is 5.32 Å². The molecule has 1 amide bonds. The van der Waals surface area contributed by atoms with Gasteiger partial charge in [0.2, 0.25) is 5.91 Å². The first kappa shape index (κ1) is 10.1. The zero-order chi connectivity index (χ0) is 8.85. The van der Waals surface area contributed by atoms with Gasteiger partial charge in [-0.25, -0.2) is 0 Å². The van der Waals surface area contributed by atoms with E-state index in [9.17, 15) is 9.59 Å². The van der Waals surface area contributed by atoms with E-state index in [-0.39, 0.29) is 18.2 Å².